The molecule has 0 unspecified atom stereocenters. The number of H-pyrrole nitrogens is 1. The molecule has 160 valence electrons. The van der Waals surface area contributed by atoms with E-state index in [1.54, 1.807) is 20.4 Å². The molecule has 1 fully saturated rings. The van der Waals surface area contributed by atoms with E-state index in [1.807, 2.05) is 46.8 Å². The number of piperidine rings is 1. The number of fused-ring (bicyclic) bond motifs is 2. The molecule has 0 bridgehead atoms. The molecule has 7 heteroatoms. The zero-order valence-electron chi connectivity index (χ0n) is 18.0. The highest BCUT2D eigenvalue weighted by molar-refractivity contribution is 5.99. The number of nitrogens with one attached hydrogen (secondary N) is 1. The van der Waals surface area contributed by atoms with Gasteiger partial charge in [0.05, 0.1) is 30.8 Å². The predicted octanol–water partition coefficient (Wildman–Crippen LogP) is 4.09. The van der Waals surface area contributed by atoms with Crippen LogP contribution in [0.25, 0.3) is 21.9 Å². The van der Waals surface area contributed by atoms with Crippen molar-refractivity contribution >= 4 is 27.8 Å². The Morgan fingerprint density at radius 2 is 1.97 bits per heavy atom. The first kappa shape index (κ1) is 19.5. The fourth-order valence-electron chi connectivity index (χ4n) is 4.64. The van der Waals surface area contributed by atoms with Gasteiger partial charge in [0.1, 0.15) is 5.69 Å². The van der Waals surface area contributed by atoms with Crippen molar-refractivity contribution in [1.29, 1.82) is 0 Å². The standard InChI is InChI=1S/C24H26N4O3/c1-27-20-13-23(31-3)22(30-2)11-16(20)10-21(27)24(29)28-9-5-6-15(14-28)18-12-19-17(26-18)7-4-8-25-19/h4,7-8,10-13,15,26H,5-6,9,14H2,1-3H3/t15-/m0/s1. The van der Waals surface area contributed by atoms with Crippen LogP contribution < -0.4 is 9.47 Å². The molecule has 1 aliphatic rings. The van der Waals surface area contributed by atoms with E-state index in [1.165, 1.54) is 0 Å². The number of hydrogen-bond acceptors (Lipinski definition) is 4. The van der Waals surface area contributed by atoms with Gasteiger partial charge in [-0.15, -0.1) is 0 Å². The van der Waals surface area contributed by atoms with Gasteiger partial charge in [-0.2, -0.15) is 0 Å². The second kappa shape index (κ2) is 7.65. The van der Waals surface area contributed by atoms with E-state index >= 15 is 0 Å². The summed E-state index contributed by atoms with van der Waals surface area (Å²) < 4.78 is 12.8. The second-order valence-electron chi connectivity index (χ2n) is 8.11. The summed E-state index contributed by atoms with van der Waals surface area (Å²) in [5.41, 5.74) is 4.77. The first-order valence-corrected chi connectivity index (χ1v) is 10.5. The highest BCUT2D eigenvalue weighted by Crippen LogP contribution is 2.34. The Labute approximate surface area is 180 Å². The average molecular weight is 418 g/mol. The van der Waals surface area contributed by atoms with Gasteiger partial charge < -0.3 is 23.9 Å². The molecule has 31 heavy (non-hydrogen) atoms. The lowest BCUT2D eigenvalue weighted by Crippen LogP contribution is -2.39. The number of amides is 1. The number of carbonyl (C=O) groups is 1. The molecule has 3 aromatic heterocycles. The number of benzene rings is 1. The van der Waals surface area contributed by atoms with Gasteiger partial charge in [-0.05, 0) is 43.2 Å². The Bertz CT molecular complexity index is 1240. The summed E-state index contributed by atoms with van der Waals surface area (Å²) in [7, 11) is 5.16. The molecule has 1 saturated heterocycles. The first-order valence-electron chi connectivity index (χ1n) is 10.5. The number of rotatable bonds is 4. The van der Waals surface area contributed by atoms with Crippen LogP contribution in [0.2, 0.25) is 0 Å². The zero-order chi connectivity index (χ0) is 21.5. The fraction of sp³-hybridized carbons (Fsp3) is 0.333. The first-order chi connectivity index (χ1) is 15.1. The molecular formula is C24H26N4O3. The van der Waals surface area contributed by atoms with Crippen molar-refractivity contribution < 1.29 is 14.3 Å². The topological polar surface area (TPSA) is 72.4 Å². The van der Waals surface area contributed by atoms with Crippen molar-refractivity contribution in [1.82, 2.24) is 19.4 Å². The summed E-state index contributed by atoms with van der Waals surface area (Å²) >= 11 is 0. The molecule has 0 aliphatic carbocycles. The van der Waals surface area contributed by atoms with Crippen molar-refractivity contribution in [3.8, 4) is 11.5 Å². The van der Waals surface area contributed by atoms with Crippen molar-refractivity contribution in [2.45, 2.75) is 18.8 Å². The van der Waals surface area contributed by atoms with E-state index in [-0.39, 0.29) is 11.8 Å². The SMILES string of the molecule is COc1cc2cc(C(=O)N3CCC[C@H](c4cc5ncccc5[nH]4)C3)n(C)c2cc1OC. The molecule has 0 saturated carbocycles. The van der Waals surface area contributed by atoms with Crippen LogP contribution in [0.3, 0.4) is 0 Å². The zero-order valence-corrected chi connectivity index (χ0v) is 18.0. The number of ether oxygens (including phenoxy) is 2. The molecule has 1 aliphatic heterocycles. The van der Waals surface area contributed by atoms with Crippen LogP contribution in [0.5, 0.6) is 11.5 Å². The van der Waals surface area contributed by atoms with Crippen LogP contribution in [0.15, 0.2) is 42.6 Å². The van der Waals surface area contributed by atoms with E-state index < -0.39 is 0 Å². The Kier molecular flexibility index (Phi) is 4.81. The minimum absolute atomic E-state index is 0.0515. The molecule has 1 N–H and O–H groups in total. The average Bonchev–Trinajstić information content (AvgIpc) is 3.39. The molecule has 1 atom stereocenters. The van der Waals surface area contributed by atoms with Crippen LogP contribution in [-0.4, -0.2) is 52.7 Å². The second-order valence-corrected chi connectivity index (χ2v) is 8.11. The third-order valence-corrected chi connectivity index (χ3v) is 6.33. The Balaban J connectivity index is 1.44. The highest BCUT2D eigenvalue weighted by atomic mass is 16.5. The van der Waals surface area contributed by atoms with E-state index in [2.05, 4.69) is 16.0 Å². The number of carbonyl (C=O) groups excluding carboxylic acids is 1. The Hall–Kier alpha value is -3.48. The molecule has 1 aromatic carbocycles. The lowest BCUT2D eigenvalue weighted by atomic mass is 9.94. The number of hydrogen-bond donors (Lipinski definition) is 1. The maximum atomic E-state index is 13.5. The summed E-state index contributed by atoms with van der Waals surface area (Å²) in [6.07, 6.45) is 3.84. The van der Waals surface area contributed by atoms with Crippen LogP contribution in [-0.2, 0) is 7.05 Å². The minimum atomic E-state index is 0.0515. The summed E-state index contributed by atoms with van der Waals surface area (Å²) in [6, 6.07) is 11.9. The molecular weight excluding hydrogens is 392 g/mol. The van der Waals surface area contributed by atoms with Crippen molar-refractivity contribution in [3.63, 3.8) is 0 Å². The maximum absolute atomic E-state index is 13.5. The van der Waals surface area contributed by atoms with Crippen molar-refractivity contribution in [2.24, 2.45) is 7.05 Å². The van der Waals surface area contributed by atoms with Gasteiger partial charge in [0.15, 0.2) is 11.5 Å². The quantitative estimate of drug-likeness (QED) is 0.542. The lowest BCUT2D eigenvalue weighted by molar-refractivity contribution is 0.0697. The molecule has 4 heterocycles. The van der Waals surface area contributed by atoms with Gasteiger partial charge in [0, 0.05) is 49.4 Å². The summed E-state index contributed by atoms with van der Waals surface area (Å²) in [6.45, 7) is 1.46. The van der Waals surface area contributed by atoms with E-state index in [9.17, 15) is 4.79 Å². The van der Waals surface area contributed by atoms with Crippen molar-refractivity contribution in [3.05, 3.63) is 54.0 Å². The number of aromatic nitrogens is 3. The normalized spacial score (nSPS) is 16.7. The largest absolute Gasteiger partial charge is 0.493 e. The van der Waals surface area contributed by atoms with Crippen LogP contribution in [0, 0.1) is 0 Å². The van der Waals surface area contributed by atoms with Crippen LogP contribution in [0.4, 0.5) is 0 Å². The maximum Gasteiger partial charge on any atom is 0.270 e. The molecule has 0 spiro atoms. The number of likely N-dealkylation sites (tertiary alicyclic amines) is 1. The van der Waals surface area contributed by atoms with Gasteiger partial charge in [0.2, 0.25) is 0 Å². The smallest absolute Gasteiger partial charge is 0.270 e. The monoisotopic (exact) mass is 418 g/mol. The summed E-state index contributed by atoms with van der Waals surface area (Å²) in [4.78, 5) is 23.4. The van der Waals surface area contributed by atoms with E-state index in [0.717, 1.165) is 47.0 Å². The van der Waals surface area contributed by atoms with Gasteiger partial charge in [-0.25, -0.2) is 0 Å². The van der Waals surface area contributed by atoms with Gasteiger partial charge >= 0.3 is 0 Å². The van der Waals surface area contributed by atoms with E-state index in [4.69, 9.17) is 9.47 Å². The van der Waals surface area contributed by atoms with Gasteiger partial charge in [0.25, 0.3) is 5.91 Å². The van der Waals surface area contributed by atoms with Crippen LogP contribution in [0.1, 0.15) is 34.9 Å². The highest BCUT2D eigenvalue weighted by Gasteiger charge is 2.28. The van der Waals surface area contributed by atoms with Gasteiger partial charge in [-0.1, -0.05) is 0 Å². The third kappa shape index (κ3) is 3.30. The molecule has 5 rings (SSSR count). The van der Waals surface area contributed by atoms with Crippen molar-refractivity contribution in [2.75, 3.05) is 27.3 Å². The number of methoxy groups -OCH3 is 2. The summed E-state index contributed by atoms with van der Waals surface area (Å²) in [5, 5.41) is 0.957. The molecule has 1 amide bonds. The number of pyridine rings is 1. The van der Waals surface area contributed by atoms with Crippen LogP contribution >= 0.6 is 0 Å². The van der Waals surface area contributed by atoms with E-state index in [0.29, 0.717) is 23.7 Å². The number of aromatic amines is 1. The fourth-order valence-corrected chi connectivity index (χ4v) is 4.64. The Morgan fingerprint density at radius 3 is 2.74 bits per heavy atom. The minimum Gasteiger partial charge on any atom is -0.493 e. The summed E-state index contributed by atoms with van der Waals surface area (Å²) in [5.74, 6) is 1.64. The molecule has 0 radical (unpaired) electrons. The Morgan fingerprint density at radius 1 is 1.16 bits per heavy atom. The lowest BCUT2D eigenvalue weighted by Gasteiger charge is -2.32. The molecule has 7 nitrogen and oxygen atoms in total. The predicted molar refractivity (Wildman–Crippen MR) is 120 cm³/mol. The number of nitrogens with zero attached hydrogens (tertiary/aromatic N) is 3. The third-order valence-electron chi connectivity index (χ3n) is 6.33. The molecule has 4 aromatic rings. The van der Waals surface area contributed by atoms with Gasteiger partial charge in [-0.3, -0.25) is 9.78 Å². The number of aryl methyl sites for hydroxylation is 1.